The van der Waals surface area contributed by atoms with Gasteiger partial charge in [0.2, 0.25) is 0 Å². The van der Waals surface area contributed by atoms with Gasteiger partial charge in [-0.3, -0.25) is 0 Å². The molecule has 4 heteroatoms. The summed E-state index contributed by atoms with van der Waals surface area (Å²) in [6, 6.07) is 5.49. The van der Waals surface area contributed by atoms with Crippen LogP contribution in [-0.2, 0) is 24.9 Å². The van der Waals surface area contributed by atoms with Gasteiger partial charge in [-0.1, -0.05) is 0 Å². The second-order valence-electron chi connectivity index (χ2n) is 1.90. The average Bonchev–Trinajstić information content (AvgIpc) is 1.88. The molecule has 0 fully saturated rings. The standard InChI is InChI=1S/C6H3Cl2.Hg.H2N/c7-5-2-1-3-6(8)4-5;;/h1-3H;;1H2/q;+1;-1. The fraction of sp³-hybridized carbons (Fsp3) is 0. The second kappa shape index (κ2) is 3.91. The SMILES string of the molecule is [NH2][Hg][c]1c(Cl)cccc1Cl. The van der Waals surface area contributed by atoms with Crippen molar-refractivity contribution in [3.05, 3.63) is 28.2 Å². The topological polar surface area (TPSA) is 26.0 Å². The Morgan fingerprint density at radius 3 is 2.00 bits per heavy atom. The van der Waals surface area contributed by atoms with Crippen molar-refractivity contribution in [2.24, 2.45) is 3.50 Å². The molecule has 0 aliphatic carbocycles. The summed E-state index contributed by atoms with van der Waals surface area (Å²) in [5.74, 6) is 0. The Labute approximate surface area is 82.4 Å². The molecule has 0 unspecified atom stereocenters. The Bertz CT molecular complexity index is 219. The molecule has 1 rings (SSSR count). The number of halogens is 2. The molecular weight excluding hydrogens is 358 g/mol. The molecule has 50 valence electrons. The molecule has 1 nitrogen and oxygen atoms in total. The summed E-state index contributed by atoms with van der Waals surface area (Å²) in [6.45, 7) is 0. The Morgan fingerprint density at radius 1 is 1.20 bits per heavy atom. The van der Waals surface area contributed by atoms with E-state index in [4.69, 9.17) is 26.7 Å². The maximum absolute atomic E-state index is 5.82. The summed E-state index contributed by atoms with van der Waals surface area (Å²) in [5, 5.41) is 1.47. The minimum atomic E-state index is -1.40. The first-order chi connectivity index (χ1) is 4.75. The van der Waals surface area contributed by atoms with Crippen LogP contribution in [0.5, 0.6) is 0 Å². The van der Waals surface area contributed by atoms with Crippen molar-refractivity contribution in [1.82, 2.24) is 0 Å². The van der Waals surface area contributed by atoms with Crippen molar-refractivity contribution >= 4 is 26.3 Å². The van der Waals surface area contributed by atoms with Crippen LogP contribution in [0.1, 0.15) is 0 Å². The predicted octanol–water partition coefficient (Wildman–Crippen LogP) is 1.57. The third-order valence-electron chi connectivity index (χ3n) is 1.27. The van der Waals surface area contributed by atoms with Gasteiger partial charge in [-0.2, -0.15) is 0 Å². The Morgan fingerprint density at radius 2 is 1.70 bits per heavy atom. The molecule has 0 saturated heterocycles. The summed E-state index contributed by atoms with van der Waals surface area (Å²) in [4.78, 5) is 0. The molecule has 0 aliphatic rings. The van der Waals surface area contributed by atoms with Crippen molar-refractivity contribution < 1.29 is 24.9 Å². The van der Waals surface area contributed by atoms with E-state index >= 15 is 0 Å². The van der Waals surface area contributed by atoms with Crippen molar-refractivity contribution in [1.29, 1.82) is 0 Å². The Balaban J connectivity index is 3.17. The number of nitrogens with two attached hydrogens (primary N) is 1. The van der Waals surface area contributed by atoms with Crippen molar-refractivity contribution in [3.8, 4) is 0 Å². The van der Waals surface area contributed by atoms with E-state index in [2.05, 4.69) is 0 Å². The van der Waals surface area contributed by atoms with Gasteiger partial charge in [0, 0.05) is 0 Å². The molecule has 0 amide bonds. The van der Waals surface area contributed by atoms with E-state index in [9.17, 15) is 0 Å². The molecule has 1 aromatic carbocycles. The monoisotopic (exact) mass is 363 g/mol. The zero-order valence-electron chi connectivity index (χ0n) is 5.27. The van der Waals surface area contributed by atoms with Gasteiger partial charge in [0.05, 0.1) is 0 Å². The minimum absolute atomic E-state index is 0.733. The normalized spacial score (nSPS) is 9.10. The predicted molar refractivity (Wildman–Crippen MR) is 40.3 cm³/mol. The number of hydrogen-bond donors (Lipinski definition) is 1. The second-order valence-corrected chi connectivity index (χ2v) is 7.05. The summed E-state index contributed by atoms with van der Waals surface area (Å²) < 4.78 is 6.64. The first kappa shape index (κ1) is 8.79. The van der Waals surface area contributed by atoms with Crippen molar-refractivity contribution in [3.63, 3.8) is 0 Å². The van der Waals surface area contributed by atoms with Crippen molar-refractivity contribution in [2.45, 2.75) is 0 Å². The van der Waals surface area contributed by atoms with E-state index in [1.54, 1.807) is 0 Å². The average molecular weight is 363 g/mol. The van der Waals surface area contributed by atoms with Crippen LogP contribution >= 0.6 is 23.2 Å². The van der Waals surface area contributed by atoms with Crippen LogP contribution in [0.4, 0.5) is 0 Å². The van der Waals surface area contributed by atoms with Gasteiger partial charge in [0.1, 0.15) is 0 Å². The molecule has 2 N–H and O–H groups in total. The molecular formula is C6H5Cl2HgN. The fourth-order valence-corrected chi connectivity index (χ4v) is 4.91. The van der Waals surface area contributed by atoms with Gasteiger partial charge in [-0.25, -0.2) is 0 Å². The van der Waals surface area contributed by atoms with Gasteiger partial charge in [-0.05, 0) is 0 Å². The molecule has 0 saturated carbocycles. The molecule has 0 heterocycles. The van der Waals surface area contributed by atoms with Crippen LogP contribution in [0, 0.1) is 0 Å². The van der Waals surface area contributed by atoms with Crippen molar-refractivity contribution in [2.75, 3.05) is 0 Å². The van der Waals surface area contributed by atoms with Gasteiger partial charge in [0.25, 0.3) is 0 Å². The van der Waals surface area contributed by atoms with Crippen LogP contribution in [-0.4, -0.2) is 0 Å². The molecule has 0 atom stereocenters. The third kappa shape index (κ3) is 1.85. The molecule has 0 aliphatic heterocycles. The van der Waals surface area contributed by atoms with E-state index in [1.165, 1.54) is 0 Å². The van der Waals surface area contributed by atoms with Crippen LogP contribution < -0.4 is 6.57 Å². The Kier molecular flexibility index (Phi) is 3.43. The summed E-state index contributed by atoms with van der Waals surface area (Å²) in [7, 11) is 0. The first-order valence-electron chi connectivity index (χ1n) is 2.88. The van der Waals surface area contributed by atoms with E-state index in [0.717, 1.165) is 13.1 Å². The molecule has 1 aromatic rings. The molecule has 0 bridgehead atoms. The van der Waals surface area contributed by atoms with E-state index < -0.39 is 24.9 Å². The number of rotatable bonds is 1. The van der Waals surface area contributed by atoms with Gasteiger partial charge < -0.3 is 0 Å². The molecule has 0 spiro atoms. The quantitative estimate of drug-likeness (QED) is 0.754. The summed E-state index contributed by atoms with van der Waals surface area (Å²) >= 11 is 10.2. The van der Waals surface area contributed by atoms with E-state index in [-0.39, 0.29) is 0 Å². The molecule has 10 heavy (non-hydrogen) atoms. The molecule has 0 radical (unpaired) electrons. The van der Waals surface area contributed by atoms with Crippen LogP contribution in [0.3, 0.4) is 0 Å². The van der Waals surface area contributed by atoms with Gasteiger partial charge in [-0.15, -0.1) is 0 Å². The van der Waals surface area contributed by atoms with E-state index in [1.807, 2.05) is 18.2 Å². The van der Waals surface area contributed by atoms with Gasteiger partial charge in [0.15, 0.2) is 0 Å². The fourth-order valence-electron chi connectivity index (χ4n) is 0.727. The van der Waals surface area contributed by atoms with Crippen LogP contribution in [0.2, 0.25) is 10.0 Å². The Hall–Kier alpha value is 0.695. The third-order valence-corrected chi connectivity index (χ3v) is 8.27. The summed E-state index contributed by atoms with van der Waals surface area (Å²) in [6.07, 6.45) is 0. The van der Waals surface area contributed by atoms with Crippen LogP contribution in [0.25, 0.3) is 0 Å². The zero-order chi connectivity index (χ0) is 7.56. The van der Waals surface area contributed by atoms with Gasteiger partial charge >= 0.3 is 82.9 Å². The van der Waals surface area contributed by atoms with Crippen LogP contribution in [0.15, 0.2) is 18.2 Å². The molecule has 0 aromatic heterocycles. The number of hydrogen-bond acceptors (Lipinski definition) is 1. The van der Waals surface area contributed by atoms with E-state index in [0.29, 0.717) is 0 Å². The number of benzene rings is 1. The summed E-state index contributed by atoms with van der Waals surface area (Å²) in [5.41, 5.74) is 0. The zero-order valence-corrected chi connectivity index (χ0v) is 12.3. The maximum atomic E-state index is 5.82. The first-order valence-corrected chi connectivity index (χ1v) is 9.56.